The zero-order valence-corrected chi connectivity index (χ0v) is 24.1. The number of hydrogen-bond donors (Lipinski definition) is 0. The fourth-order valence-corrected chi connectivity index (χ4v) is 6.88. The first kappa shape index (κ1) is 25.5. The first-order chi connectivity index (χ1) is 21.3. The number of rotatable bonds is 5. The van der Waals surface area contributed by atoms with Crippen molar-refractivity contribution in [2.75, 3.05) is 0 Å². The molecule has 0 bridgehead atoms. The second kappa shape index (κ2) is 10.9. The molecule has 3 heterocycles. The summed E-state index contributed by atoms with van der Waals surface area (Å²) in [5.41, 5.74) is 6.51. The normalized spacial score (nSPS) is 14.7. The molecule has 0 saturated heterocycles. The molecule has 7 aromatic rings. The third-order valence-electron chi connectivity index (χ3n) is 7.94. The molecule has 8 rings (SSSR count). The van der Waals surface area contributed by atoms with E-state index in [1.165, 1.54) is 31.3 Å². The fourth-order valence-electron chi connectivity index (χ4n) is 5.77. The summed E-state index contributed by atoms with van der Waals surface area (Å²) < 4.78 is 2.47. The molecule has 0 N–H and O–H groups in total. The van der Waals surface area contributed by atoms with Crippen LogP contribution < -0.4 is 0 Å². The third-order valence-corrected chi connectivity index (χ3v) is 9.07. The minimum Gasteiger partial charge on any atom is -0.261 e. The fraction of sp³-hybridized carbons (Fsp3) is 0.0526. The van der Waals surface area contributed by atoms with E-state index in [9.17, 15) is 0 Å². The molecule has 0 amide bonds. The predicted molar refractivity (Wildman–Crippen MR) is 178 cm³/mol. The lowest BCUT2D eigenvalue weighted by Crippen LogP contribution is -2.00. The summed E-state index contributed by atoms with van der Waals surface area (Å²) in [4.78, 5) is 19.5. The molecule has 1 aliphatic carbocycles. The highest BCUT2D eigenvalue weighted by atomic mass is 32.1. The van der Waals surface area contributed by atoms with E-state index < -0.39 is 0 Å². The zero-order chi connectivity index (χ0) is 28.6. The van der Waals surface area contributed by atoms with Gasteiger partial charge in [-0.25, -0.2) is 15.0 Å². The average Bonchev–Trinajstić information content (AvgIpc) is 3.47. The van der Waals surface area contributed by atoms with E-state index in [1.54, 1.807) is 0 Å². The molecule has 4 nitrogen and oxygen atoms in total. The number of aromatic nitrogens is 4. The van der Waals surface area contributed by atoms with E-state index in [0.717, 1.165) is 28.8 Å². The lowest BCUT2D eigenvalue weighted by Gasteiger charge is -2.16. The van der Waals surface area contributed by atoms with Crippen LogP contribution in [0.15, 0.2) is 140 Å². The van der Waals surface area contributed by atoms with E-state index in [2.05, 4.69) is 71.7 Å². The molecular formula is C38H26N4S. The highest BCUT2D eigenvalue weighted by Crippen LogP contribution is 2.41. The second-order valence-corrected chi connectivity index (χ2v) is 11.7. The second-order valence-electron chi connectivity index (χ2n) is 10.6. The maximum Gasteiger partial charge on any atom is 0.164 e. The molecule has 0 spiro atoms. The van der Waals surface area contributed by atoms with Gasteiger partial charge in [-0.1, -0.05) is 103 Å². The van der Waals surface area contributed by atoms with Gasteiger partial charge in [0.25, 0.3) is 0 Å². The third kappa shape index (κ3) is 4.84. The molecule has 43 heavy (non-hydrogen) atoms. The van der Waals surface area contributed by atoms with Crippen LogP contribution in [-0.4, -0.2) is 19.9 Å². The van der Waals surface area contributed by atoms with Gasteiger partial charge in [0.2, 0.25) is 0 Å². The maximum absolute atomic E-state index is 5.04. The predicted octanol–water partition coefficient (Wildman–Crippen LogP) is 9.76. The van der Waals surface area contributed by atoms with Crippen molar-refractivity contribution >= 4 is 37.1 Å². The monoisotopic (exact) mass is 570 g/mol. The number of thiophene rings is 1. The topological polar surface area (TPSA) is 51.6 Å². The first-order valence-electron chi connectivity index (χ1n) is 14.4. The van der Waals surface area contributed by atoms with Gasteiger partial charge in [0.15, 0.2) is 17.5 Å². The molecule has 3 aromatic heterocycles. The van der Waals surface area contributed by atoms with E-state index in [0.29, 0.717) is 23.4 Å². The molecule has 1 unspecified atom stereocenters. The molecule has 0 saturated carbocycles. The Kier molecular flexibility index (Phi) is 6.43. The number of allylic oxidation sites excluding steroid dienone is 4. The zero-order valence-electron chi connectivity index (χ0n) is 23.3. The Bertz CT molecular complexity index is 2090. The molecule has 0 aliphatic heterocycles. The summed E-state index contributed by atoms with van der Waals surface area (Å²) >= 11 is 1.81. The summed E-state index contributed by atoms with van der Waals surface area (Å²) in [5, 5.41) is 2.40. The van der Waals surface area contributed by atoms with Gasteiger partial charge in [-0.05, 0) is 47.9 Å². The van der Waals surface area contributed by atoms with Gasteiger partial charge in [-0.3, -0.25) is 4.98 Å². The van der Waals surface area contributed by atoms with Gasteiger partial charge < -0.3 is 0 Å². The van der Waals surface area contributed by atoms with Crippen molar-refractivity contribution in [3.05, 3.63) is 151 Å². The van der Waals surface area contributed by atoms with Gasteiger partial charge in [-0.15, -0.1) is 11.3 Å². The summed E-state index contributed by atoms with van der Waals surface area (Å²) in [6, 6.07) is 39.6. The van der Waals surface area contributed by atoms with Crippen LogP contribution in [0.4, 0.5) is 0 Å². The smallest absolute Gasteiger partial charge is 0.164 e. The molecule has 4 aromatic carbocycles. The van der Waals surface area contributed by atoms with Crippen molar-refractivity contribution in [2.45, 2.75) is 12.3 Å². The van der Waals surface area contributed by atoms with Crippen LogP contribution in [-0.2, 0) is 0 Å². The summed E-state index contributed by atoms with van der Waals surface area (Å²) in [6.45, 7) is 0. The Balaban J connectivity index is 1.26. The van der Waals surface area contributed by atoms with Gasteiger partial charge >= 0.3 is 0 Å². The molecule has 204 valence electrons. The Labute approximate surface area is 253 Å². The van der Waals surface area contributed by atoms with Gasteiger partial charge in [0, 0.05) is 54.7 Å². The minimum absolute atomic E-state index is 0.309. The lowest BCUT2D eigenvalue weighted by atomic mass is 9.90. The number of hydrogen-bond acceptors (Lipinski definition) is 5. The number of pyridine rings is 1. The Morgan fingerprint density at radius 1 is 0.605 bits per heavy atom. The Hall–Kier alpha value is -5.26. The largest absolute Gasteiger partial charge is 0.261 e. The highest BCUT2D eigenvalue weighted by molar-refractivity contribution is 7.25. The molecule has 1 atom stereocenters. The van der Waals surface area contributed by atoms with Crippen LogP contribution in [0.3, 0.4) is 0 Å². The van der Waals surface area contributed by atoms with Gasteiger partial charge in [0.05, 0.1) is 0 Å². The van der Waals surface area contributed by atoms with Crippen molar-refractivity contribution in [1.29, 1.82) is 0 Å². The van der Waals surface area contributed by atoms with Crippen molar-refractivity contribution in [3.63, 3.8) is 0 Å². The highest BCUT2D eigenvalue weighted by Gasteiger charge is 2.18. The van der Waals surface area contributed by atoms with Crippen LogP contribution in [0.2, 0.25) is 0 Å². The van der Waals surface area contributed by atoms with Crippen molar-refractivity contribution < 1.29 is 0 Å². The van der Waals surface area contributed by atoms with Gasteiger partial charge in [-0.2, -0.15) is 0 Å². The van der Waals surface area contributed by atoms with Crippen LogP contribution in [0.25, 0.3) is 59.9 Å². The van der Waals surface area contributed by atoms with E-state index >= 15 is 0 Å². The van der Waals surface area contributed by atoms with Crippen molar-refractivity contribution in [3.8, 4) is 34.2 Å². The van der Waals surface area contributed by atoms with Crippen LogP contribution in [0, 0.1) is 0 Å². The van der Waals surface area contributed by atoms with Crippen LogP contribution >= 0.6 is 11.3 Å². The summed E-state index contributed by atoms with van der Waals surface area (Å²) in [5.74, 6) is 2.32. The van der Waals surface area contributed by atoms with Crippen LogP contribution in [0.1, 0.15) is 23.6 Å². The standard InChI is InChI=1S/C38H26N4S/c1-3-10-27(11-4-1)36-40-37(28-12-5-2-6-13-28)42-38(41-36)30-14-9-16-34-35(30)31-24-29(21-22-33(31)43-34)25-17-19-26(20-18-25)32-15-7-8-23-39-32/h1-19,21-24,26H,20H2. The maximum atomic E-state index is 5.04. The van der Waals surface area contributed by atoms with Crippen molar-refractivity contribution in [2.24, 2.45) is 0 Å². The number of benzene rings is 4. The lowest BCUT2D eigenvalue weighted by molar-refractivity contribution is 0.818. The minimum atomic E-state index is 0.309. The molecular weight excluding hydrogens is 545 g/mol. The molecule has 1 aliphatic rings. The summed E-state index contributed by atoms with van der Waals surface area (Å²) in [6.07, 6.45) is 9.66. The molecule has 5 heteroatoms. The van der Waals surface area contributed by atoms with E-state index in [-0.39, 0.29) is 0 Å². The first-order valence-corrected chi connectivity index (χ1v) is 15.2. The SMILES string of the molecule is C1=CC(c2ccccn2)CC=C1c1ccc2sc3cccc(-c4nc(-c5ccccc5)nc(-c5ccccc5)n4)c3c2c1. The average molecular weight is 571 g/mol. The Morgan fingerprint density at radius 3 is 2.00 bits per heavy atom. The Morgan fingerprint density at radius 2 is 1.33 bits per heavy atom. The van der Waals surface area contributed by atoms with E-state index in [4.69, 9.17) is 15.0 Å². The summed E-state index contributed by atoms with van der Waals surface area (Å²) in [7, 11) is 0. The quantitative estimate of drug-likeness (QED) is 0.207. The molecule has 0 fully saturated rings. The molecule has 0 radical (unpaired) electrons. The number of nitrogens with zero attached hydrogens (tertiary/aromatic N) is 4. The van der Waals surface area contributed by atoms with E-state index in [1.807, 2.05) is 84.3 Å². The van der Waals surface area contributed by atoms with Crippen molar-refractivity contribution in [1.82, 2.24) is 19.9 Å². The number of fused-ring (bicyclic) bond motifs is 3. The van der Waals surface area contributed by atoms with Crippen LogP contribution in [0.5, 0.6) is 0 Å². The van der Waals surface area contributed by atoms with Gasteiger partial charge in [0.1, 0.15) is 0 Å².